The van der Waals surface area contributed by atoms with Crippen LogP contribution in [0.5, 0.6) is 0 Å². The molecule has 2 aromatic rings. The zero-order valence-electron chi connectivity index (χ0n) is 7.48. The average molecular weight is 331 g/mol. The van der Waals surface area contributed by atoms with E-state index in [1.807, 2.05) is 24.3 Å². The first kappa shape index (κ1) is 10.5. The number of nitrogens with one attached hydrogen (secondary N) is 1. The molecule has 1 aromatic carbocycles. The Labute approximate surface area is 104 Å². The lowest BCUT2D eigenvalue weighted by Gasteiger charge is -2.02. The summed E-state index contributed by atoms with van der Waals surface area (Å²) in [6, 6.07) is 7.56. The second kappa shape index (κ2) is 4.67. The molecule has 2 rings (SSSR count). The van der Waals surface area contributed by atoms with Crippen molar-refractivity contribution in [2.45, 2.75) is 0 Å². The van der Waals surface area contributed by atoms with Crippen LogP contribution in [-0.4, -0.2) is 15.5 Å². The number of benzene rings is 1. The zero-order chi connectivity index (χ0) is 10.7. The third-order valence-corrected chi connectivity index (χ3v) is 2.85. The van der Waals surface area contributed by atoms with Crippen molar-refractivity contribution in [1.82, 2.24) is 9.59 Å². The molecular weight excluding hydrogens is 325 g/mol. The second-order valence-corrected chi connectivity index (χ2v) is 4.61. The molecule has 0 radical (unpaired) electrons. The maximum absolute atomic E-state index is 11.6. The molecule has 1 amide bonds. The molecule has 4 nitrogen and oxygen atoms in total. The van der Waals surface area contributed by atoms with E-state index < -0.39 is 0 Å². The van der Waals surface area contributed by atoms with Crippen LogP contribution < -0.4 is 5.32 Å². The van der Waals surface area contributed by atoms with Crippen molar-refractivity contribution in [2.24, 2.45) is 0 Å². The van der Waals surface area contributed by atoms with Gasteiger partial charge in [0.1, 0.15) is 0 Å². The molecule has 1 N–H and O–H groups in total. The lowest BCUT2D eigenvalue weighted by Crippen LogP contribution is -2.12. The molecule has 0 unspecified atom stereocenters. The Hall–Kier alpha value is -1.02. The summed E-state index contributed by atoms with van der Waals surface area (Å²) in [6.45, 7) is 0. The largest absolute Gasteiger partial charge is 0.321 e. The third kappa shape index (κ3) is 2.72. The molecule has 0 fully saturated rings. The number of nitrogens with zero attached hydrogens (tertiary/aromatic N) is 2. The summed E-state index contributed by atoms with van der Waals surface area (Å²) in [6.07, 6.45) is 0. The minimum Gasteiger partial charge on any atom is -0.321 e. The first-order valence-electron chi connectivity index (χ1n) is 4.10. The summed E-state index contributed by atoms with van der Waals surface area (Å²) in [7, 11) is 0. The van der Waals surface area contributed by atoms with Gasteiger partial charge >= 0.3 is 0 Å². The van der Waals surface area contributed by atoms with Crippen LogP contribution in [-0.2, 0) is 0 Å². The van der Waals surface area contributed by atoms with Crippen LogP contribution in [0.1, 0.15) is 10.5 Å². The van der Waals surface area contributed by atoms with Gasteiger partial charge in [0, 0.05) is 14.6 Å². The Balaban J connectivity index is 2.13. The maximum Gasteiger partial charge on any atom is 0.277 e. The van der Waals surface area contributed by atoms with E-state index in [0.29, 0.717) is 5.69 Å². The zero-order valence-corrected chi connectivity index (χ0v) is 10.4. The van der Waals surface area contributed by atoms with Crippen LogP contribution in [0.2, 0.25) is 0 Å². The van der Waals surface area contributed by atoms with E-state index >= 15 is 0 Å². The normalized spacial score (nSPS) is 9.93. The summed E-state index contributed by atoms with van der Waals surface area (Å²) in [4.78, 5) is 11.6. The Morgan fingerprint density at radius 1 is 1.47 bits per heavy atom. The number of carbonyl (C=O) groups is 1. The van der Waals surface area contributed by atoms with Gasteiger partial charge < -0.3 is 5.32 Å². The van der Waals surface area contributed by atoms with Crippen molar-refractivity contribution in [2.75, 3.05) is 5.32 Å². The fourth-order valence-electron chi connectivity index (χ4n) is 1.02. The van der Waals surface area contributed by atoms with Crippen molar-refractivity contribution >= 4 is 45.7 Å². The third-order valence-electron chi connectivity index (χ3n) is 1.68. The fourth-order valence-corrected chi connectivity index (χ4v) is 2.00. The Morgan fingerprint density at radius 2 is 2.33 bits per heavy atom. The van der Waals surface area contributed by atoms with Gasteiger partial charge in [0.05, 0.1) is 0 Å². The molecule has 0 bridgehead atoms. The van der Waals surface area contributed by atoms with Crippen LogP contribution in [0.4, 0.5) is 5.69 Å². The van der Waals surface area contributed by atoms with Crippen LogP contribution in [0.25, 0.3) is 0 Å². The molecule has 0 saturated carbocycles. The highest BCUT2D eigenvalue weighted by atomic mass is 127. The molecule has 1 aromatic heterocycles. The summed E-state index contributed by atoms with van der Waals surface area (Å²) in [5.41, 5.74) is 1.11. The Bertz CT molecular complexity index is 472. The van der Waals surface area contributed by atoms with E-state index in [-0.39, 0.29) is 5.91 Å². The van der Waals surface area contributed by atoms with E-state index in [1.54, 1.807) is 5.38 Å². The van der Waals surface area contributed by atoms with E-state index in [1.165, 1.54) is 0 Å². The lowest BCUT2D eigenvalue weighted by atomic mass is 10.3. The number of amides is 1. The van der Waals surface area contributed by atoms with Crippen LogP contribution in [0.15, 0.2) is 29.6 Å². The monoisotopic (exact) mass is 331 g/mol. The van der Waals surface area contributed by atoms with E-state index in [0.717, 1.165) is 20.8 Å². The summed E-state index contributed by atoms with van der Waals surface area (Å²) < 4.78 is 4.70. The number of halogens is 1. The van der Waals surface area contributed by atoms with Crippen molar-refractivity contribution < 1.29 is 4.79 Å². The predicted octanol–water partition coefficient (Wildman–Crippen LogP) is 2.40. The number of hydrogen-bond donors (Lipinski definition) is 1. The highest BCUT2D eigenvalue weighted by Crippen LogP contribution is 2.13. The maximum atomic E-state index is 11.6. The number of anilines is 1. The molecule has 0 aliphatic rings. The molecule has 15 heavy (non-hydrogen) atoms. The van der Waals surface area contributed by atoms with Crippen molar-refractivity contribution in [3.8, 4) is 0 Å². The number of hydrogen-bond acceptors (Lipinski definition) is 4. The predicted molar refractivity (Wildman–Crippen MR) is 67.0 cm³/mol. The Morgan fingerprint density at radius 3 is 3.00 bits per heavy atom. The fraction of sp³-hybridized carbons (Fsp3) is 0. The van der Waals surface area contributed by atoms with E-state index in [2.05, 4.69) is 37.5 Å². The minimum absolute atomic E-state index is 0.231. The molecule has 6 heteroatoms. The molecule has 0 aliphatic carbocycles. The van der Waals surface area contributed by atoms with Gasteiger partial charge in [-0.3, -0.25) is 4.79 Å². The van der Waals surface area contributed by atoms with Gasteiger partial charge in [-0.25, -0.2) is 0 Å². The minimum atomic E-state index is -0.231. The van der Waals surface area contributed by atoms with Gasteiger partial charge in [-0.2, -0.15) is 0 Å². The quantitative estimate of drug-likeness (QED) is 0.860. The van der Waals surface area contributed by atoms with Gasteiger partial charge in [-0.15, -0.1) is 5.10 Å². The van der Waals surface area contributed by atoms with Crippen LogP contribution in [0.3, 0.4) is 0 Å². The first-order valence-corrected chi connectivity index (χ1v) is 6.01. The van der Waals surface area contributed by atoms with E-state index in [9.17, 15) is 4.79 Å². The molecule has 0 atom stereocenters. The molecule has 0 saturated heterocycles. The smallest absolute Gasteiger partial charge is 0.277 e. The number of carbonyl (C=O) groups excluding carboxylic acids is 1. The van der Waals surface area contributed by atoms with Gasteiger partial charge in [0.25, 0.3) is 5.91 Å². The molecule has 0 spiro atoms. The van der Waals surface area contributed by atoms with Gasteiger partial charge in [-0.05, 0) is 52.3 Å². The molecule has 76 valence electrons. The first-order chi connectivity index (χ1) is 7.25. The average Bonchev–Trinajstić information content (AvgIpc) is 2.70. The van der Waals surface area contributed by atoms with Crippen molar-refractivity contribution in [1.29, 1.82) is 0 Å². The van der Waals surface area contributed by atoms with Crippen molar-refractivity contribution in [3.05, 3.63) is 38.9 Å². The van der Waals surface area contributed by atoms with Crippen LogP contribution in [0, 0.1) is 3.57 Å². The summed E-state index contributed by atoms with van der Waals surface area (Å²) in [5.74, 6) is -0.231. The standard InChI is InChI=1S/C9H6IN3OS/c10-6-2-1-3-7(4-6)11-9(14)8-5-15-13-12-8/h1-5H,(H,11,14). The molecular formula is C9H6IN3OS. The second-order valence-electron chi connectivity index (χ2n) is 2.75. The molecule has 1 heterocycles. The summed E-state index contributed by atoms with van der Waals surface area (Å²) >= 11 is 3.35. The van der Waals surface area contributed by atoms with Gasteiger partial charge in [0.2, 0.25) is 0 Å². The number of aromatic nitrogens is 2. The van der Waals surface area contributed by atoms with Crippen molar-refractivity contribution in [3.63, 3.8) is 0 Å². The van der Waals surface area contributed by atoms with Gasteiger partial charge in [0.15, 0.2) is 5.69 Å². The highest BCUT2D eigenvalue weighted by molar-refractivity contribution is 14.1. The highest BCUT2D eigenvalue weighted by Gasteiger charge is 2.08. The SMILES string of the molecule is O=C(Nc1cccc(I)c1)c1csnn1. The number of rotatable bonds is 2. The Kier molecular flexibility index (Phi) is 3.27. The van der Waals surface area contributed by atoms with E-state index in [4.69, 9.17) is 0 Å². The van der Waals surface area contributed by atoms with Gasteiger partial charge in [-0.1, -0.05) is 10.6 Å². The topological polar surface area (TPSA) is 54.9 Å². The lowest BCUT2D eigenvalue weighted by molar-refractivity contribution is 0.102. The van der Waals surface area contributed by atoms with Crippen LogP contribution >= 0.6 is 34.1 Å². The summed E-state index contributed by atoms with van der Waals surface area (Å²) in [5, 5.41) is 8.05. The molecule has 0 aliphatic heterocycles.